The molecule has 0 saturated carbocycles. The van der Waals surface area contributed by atoms with E-state index >= 15 is 0 Å². The highest BCUT2D eigenvalue weighted by atomic mass is 16.5. The summed E-state index contributed by atoms with van der Waals surface area (Å²) in [7, 11) is 1.64. The highest BCUT2D eigenvalue weighted by molar-refractivity contribution is 6.09. The fourth-order valence-corrected chi connectivity index (χ4v) is 4.91. The predicted octanol–water partition coefficient (Wildman–Crippen LogP) is 4.80. The molecule has 1 aliphatic heterocycles. The van der Waals surface area contributed by atoms with Crippen LogP contribution in [-0.4, -0.2) is 54.1 Å². The van der Waals surface area contributed by atoms with Gasteiger partial charge in [0.05, 0.1) is 19.3 Å². The zero-order valence-corrected chi connectivity index (χ0v) is 21.1. The maximum absolute atomic E-state index is 13.4. The number of fused-ring (bicyclic) bond motifs is 1. The summed E-state index contributed by atoms with van der Waals surface area (Å²) in [5.41, 5.74) is 3.38. The Balaban J connectivity index is 1.43. The van der Waals surface area contributed by atoms with Crippen LogP contribution < -0.4 is 14.8 Å². The van der Waals surface area contributed by atoms with E-state index in [9.17, 15) is 9.59 Å². The topological polar surface area (TPSA) is 72.8 Å². The molecule has 4 rings (SSSR count). The van der Waals surface area contributed by atoms with Gasteiger partial charge < -0.3 is 24.3 Å². The average molecular weight is 478 g/mol. The van der Waals surface area contributed by atoms with Crippen molar-refractivity contribution in [1.29, 1.82) is 0 Å². The molecule has 1 fully saturated rings. The number of rotatable bonds is 8. The van der Waals surface area contributed by atoms with E-state index in [1.54, 1.807) is 7.11 Å². The number of nitrogens with zero attached hydrogens (tertiary/aromatic N) is 2. The van der Waals surface area contributed by atoms with Gasteiger partial charge in [0.1, 0.15) is 11.5 Å². The van der Waals surface area contributed by atoms with E-state index in [0.717, 1.165) is 53.9 Å². The first-order valence-electron chi connectivity index (χ1n) is 12.5. The molecule has 1 N–H and O–H groups in total. The van der Waals surface area contributed by atoms with Crippen LogP contribution in [0.5, 0.6) is 11.5 Å². The summed E-state index contributed by atoms with van der Waals surface area (Å²) in [4.78, 5) is 28.2. The van der Waals surface area contributed by atoms with Crippen LogP contribution in [0, 0.1) is 6.92 Å². The molecule has 7 heteroatoms. The number of carbonyl (C=O) groups is 2. The summed E-state index contributed by atoms with van der Waals surface area (Å²) in [5.74, 6) is 1.45. The first kappa shape index (κ1) is 24.6. The Morgan fingerprint density at radius 1 is 1.03 bits per heavy atom. The van der Waals surface area contributed by atoms with Gasteiger partial charge in [-0.15, -0.1) is 0 Å². The Morgan fingerprint density at radius 3 is 2.34 bits per heavy atom. The minimum Gasteiger partial charge on any atom is -0.497 e. The molecule has 186 valence electrons. The molecule has 1 saturated heterocycles. The molecule has 0 radical (unpaired) electrons. The lowest BCUT2D eigenvalue weighted by molar-refractivity contribution is 0.0698. The number of piperidine rings is 1. The lowest BCUT2D eigenvalue weighted by atomic mass is 10.0. The molecule has 0 spiro atoms. The molecule has 2 amide bonds. The molecule has 0 atom stereocenters. The van der Waals surface area contributed by atoms with E-state index in [0.29, 0.717) is 30.8 Å². The minimum atomic E-state index is -0.0631. The highest BCUT2D eigenvalue weighted by Gasteiger charge is 2.27. The molecular formula is C28H35N3O4. The van der Waals surface area contributed by atoms with E-state index < -0.39 is 0 Å². The molecule has 2 heterocycles. The zero-order valence-electron chi connectivity index (χ0n) is 21.1. The fourth-order valence-electron chi connectivity index (χ4n) is 4.91. The van der Waals surface area contributed by atoms with Crippen molar-refractivity contribution in [2.24, 2.45) is 0 Å². The van der Waals surface area contributed by atoms with Crippen molar-refractivity contribution < 1.29 is 19.1 Å². The molecule has 35 heavy (non-hydrogen) atoms. The van der Waals surface area contributed by atoms with Crippen LogP contribution in [0.25, 0.3) is 10.9 Å². The molecular weight excluding hydrogens is 442 g/mol. The van der Waals surface area contributed by atoms with Gasteiger partial charge in [0.15, 0.2) is 0 Å². The summed E-state index contributed by atoms with van der Waals surface area (Å²) >= 11 is 0. The number of likely N-dealkylation sites (tertiary alicyclic amines) is 1. The second kappa shape index (κ2) is 10.8. The van der Waals surface area contributed by atoms with Gasteiger partial charge in [0.2, 0.25) is 0 Å². The first-order valence-corrected chi connectivity index (χ1v) is 12.5. The first-order chi connectivity index (χ1) is 17.0. The molecule has 7 nitrogen and oxygen atoms in total. The number of aryl methyl sites for hydroxylation is 1. The Bertz CT molecular complexity index is 1190. The van der Waals surface area contributed by atoms with Crippen molar-refractivity contribution >= 4 is 22.7 Å². The van der Waals surface area contributed by atoms with E-state index in [1.165, 1.54) is 0 Å². The number of hydrogen-bond acceptors (Lipinski definition) is 4. The van der Waals surface area contributed by atoms with Gasteiger partial charge in [0.25, 0.3) is 11.8 Å². The second-order valence-electron chi connectivity index (χ2n) is 8.99. The van der Waals surface area contributed by atoms with E-state index in [-0.39, 0.29) is 17.9 Å². The fraction of sp³-hybridized carbons (Fsp3) is 0.429. The quantitative estimate of drug-likeness (QED) is 0.506. The molecule has 0 unspecified atom stereocenters. The number of amides is 2. The van der Waals surface area contributed by atoms with Crippen LogP contribution in [-0.2, 0) is 6.54 Å². The predicted molar refractivity (Wildman–Crippen MR) is 138 cm³/mol. The smallest absolute Gasteiger partial charge is 0.253 e. The van der Waals surface area contributed by atoms with Gasteiger partial charge in [0, 0.05) is 47.8 Å². The van der Waals surface area contributed by atoms with Crippen molar-refractivity contribution in [3.8, 4) is 11.5 Å². The average Bonchev–Trinajstić information content (AvgIpc) is 3.15. The normalized spacial score (nSPS) is 14.2. The van der Waals surface area contributed by atoms with Gasteiger partial charge >= 0.3 is 0 Å². The van der Waals surface area contributed by atoms with Crippen molar-refractivity contribution in [2.45, 2.75) is 52.6 Å². The lowest BCUT2D eigenvalue weighted by Gasteiger charge is -2.32. The largest absolute Gasteiger partial charge is 0.497 e. The SMILES string of the molecule is CCCn1c(C)c(C(=O)NC2CCN(C(=O)c3ccc(OCC)cc3)CC2)c2cc(OC)ccc21. The molecule has 1 aliphatic rings. The van der Waals surface area contributed by atoms with Crippen LogP contribution in [0.3, 0.4) is 0 Å². The van der Waals surface area contributed by atoms with Gasteiger partial charge in [-0.1, -0.05) is 6.92 Å². The Hall–Kier alpha value is -3.48. The molecule has 1 aromatic heterocycles. The number of benzene rings is 2. The van der Waals surface area contributed by atoms with Crippen LogP contribution in [0.15, 0.2) is 42.5 Å². The maximum atomic E-state index is 13.4. The van der Waals surface area contributed by atoms with Gasteiger partial charge in [-0.2, -0.15) is 0 Å². The lowest BCUT2D eigenvalue weighted by Crippen LogP contribution is -2.46. The van der Waals surface area contributed by atoms with Gasteiger partial charge in [-0.25, -0.2) is 0 Å². The number of hydrogen-bond donors (Lipinski definition) is 1. The highest BCUT2D eigenvalue weighted by Crippen LogP contribution is 2.30. The molecule has 3 aromatic rings. The number of ether oxygens (including phenoxy) is 2. The van der Waals surface area contributed by atoms with Crippen LogP contribution in [0.2, 0.25) is 0 Å². The third-order valence-electron chi connectivity index (χ3n) is 6.73. The molecule has 0 bridgehead atoms. The second-order valence-corrected chi connectivity index (χ2v) is 8.99. The number of carbonyl (C=O) groups excluding carboxylic acids is 2. The van der Waals surface area contributed by atoms with Crippen LogP contribution in [0.4, 0.5) is 0 Å². The maximum Gasteiger partial charge on any atom is 0.253 e. The standard InChI is InChI=1S/C28H35N3O4/c1-5-15-31-19(3)26(24-18-23(34-4)11-12-25(24)31)27(32)29-21-13-16-30(17-14-21)28(33)20-7-9-22(10-8-20)35-6-2/h7-12,18,21H,5-6,13-17H2,1-4H3,(H,29,32). The monoisotopic (exact) mass is 477 g/mol. The Morgan fingerprint density at radius 2 is 1.71 bits per heavy atom. The number of methoxy groups -OCH3 is 1. The van der Waals surface area contributed by atoms with E-state index in [2.05, 4.69) is 16.8 Å². The van der Waals surface area contributed by atoms with Crippen molar-refractivity contribution in [1.82, 2.24) is 14.8 Å². The summed E-state index contributed by atoms with van der Waals surface area (Å²) < 4.78 is 13.1. The number of aromatic nitrogens is 1. The summed E-state index contributed by atoms with van der Waals surface area (Å²) in [5, 5.41) is 4.15. The van der Waals surface area contributed by atoms with E-state index in [4.69, 9.17) is 9.47 Å². The van der Waals surface area contributed by atoms with Gasteiger partial charge in [-0.05, 0) is 75.6 Å². The number of nitrogens with one attached hydrogen (secondary N) is 1. The summed E-state index contributed by atoms with van der Waals surface area (Å²) in [6.07, 6.45) is 2.44. The zero-order chi connectivity index (χ0) is 24.9. The van der Waals surface area contributed by atoms with Crippen molar-refractivity contribution in [2.75, 3.05) is 26.8 Å². The molecule has 0 aliphatic carbocycles. The Kier molecular flexibility index (Phi) is 7.63. The summed E-state index contributed by atoms with van der Waals surface area (Å²) in [6.45, 7) is 8.75. The van der Waals surface area contributed by atoms with Gasteiger partial charge in [-0.3, -0.25) is 9.59 Å². The third-order valence-corrected chi connectivity index (χ3v) is 6.73. The van der Waals surface area contributed by atoms with Crippen molar-refractivity contribution in [3.63, 3.8) is 0 Å². The van der Waals surface area contributed by atoms with Crippen LogP contribution in [0.1, 0.15) is 59.5 Å². The van der Waals surface area contributed by atoms with Crippen LogP contribution >= 0.6 is 0 Å². The molecule has 2 aromatic carbocycles. The summed E-state index contributed by atoms with van der Waals surface area (Å²) in [6, 6.07) is 13.2. The van der Waals surface area contributed by atoms with E-state index in [1.807, 2.05) is 61.2 Å². The van der Waals surface area contributed by atoms with Crippen molar-refractivity contribution in [3.05, 3.63) is 59.3 Å². The third kappa shape index (κ3) is 5.14. The minimum absolute atomic E-state index is 0.0170. The Labute approximate surface area is 207 Å².